The van der Waals surface area contributed by atoms with Gasteiger partial charge in [-0.1, -0.05) is 92.2 Å². The van der Waals surface area contributed by atoms with E-state index in [9.17, 15) is 18.0 Å². The number of amides is 2. The second kappa shape index (κ2) is 13.2. The highest BCUT2D eigenvalue weighted by molar-refractivity contribution is 7.93. The molecule has 0 aliphatic carbocycles. The molecule has 43 heavy (non-hydrogen) atoms. The molecule has 5 rings (SSSR count). The molecule has 0 fully saturated rings. The van der Waals surface area contributed by atoms with Crippen LogP contribution in [-0.4, -0.2) is 44.3 Å². The van der Waals surface area contributed by atoms with Gasteiger partial charge in [0.25, 0.3) is 10.0 Å². The Balaban J connectivity index is 1.39. The maximum Gasteiger partial charge on any atom is 0.265 e. The largest absolute Gasteiger partial charge is 0.354 e. The number of anilines is 1. The van der Waals surface area contributed by atoms with Crippen LogP contribution in [-0.2, 0) is 32.6 Å². The summed E-state index contributed by atoms with van der Waals surface area (Å²) in [5.41, 5.74) is 2.37. The van der Waals surface area contributed by atoms with Gasteiger partial charge in [0.2, 0.25) is 11.8 Å². The van der Waals surface area contributed by atoms with Crippen LogP contribution in [0.15, 0.2) is 95.9 Å². The number of rotatable bonds is 12. The fraction of sp³-hybridized carbons (Fsp3) is 0.294. The minimum atomic E-state index is -3.73. The Morgan fingerprint density at radius 1 is 0.907 bits per heavy atom. The molecular formula is C34H36ClN3O4S. The van der Waals surface area contributed by atoms with Crippen LogP contribution >= 0.6 is 11.6 Å². The summed E-state index contributed by atoms with van der Waals surface area (Å²) in [6.45, 7) is 4.87. The molecule has 0 saturated heterocycles. The van der Waals surface area contributed by atoms with Crippen molar-refractivity contribution in [1.29, 1.82) is 0 Å². The van der Waals surface area contributed by atoms with E-state index in [1.165, 1.54) is 4.31 Å². The first-order valence-electron chi connectivity index (χ1n) is 14.5. The Morgan fingerprint density at radius 2 is 1.60 bits per heavy atom. The van der Waals surface area contributed by atoms with Gasteiger partial charge in [-0.05, 0) is 53.1 Å². The van der Waals surface area contributed by atoms with Gasteiger partial charge in [-0.2, -0.15) is 0 Å². The number of hydrogen-bond donors (Lipinski definition) is 1. The molecule has 1 aliphatic heterocycles. The van der Waals surface area contributed by atoms with Crippen molar-refractivity contribution < 1.29 is 18.0 Å². The molecule has 4 aromatic carbocycles. The van der Waals surface area contributed by atoms with Gasteiger partial charge < -0.3 is 10.2 Å². The predicted molar refractivity (Wildman–Crippen MR) is 171 cm³/mol. The first kappa shape index (κ1) is 30.6. The lowest BCUT2D eigenvalue weighted by Crippen LogP contribution is -2.51. The van der Waals surface area contributed by atoms with Crippen molar-refractivity contribution in [3.05, 3.63) is 107 Å². The van der Waals surface area contributed by atoms with Gasteiger partial charge >= 0.3 is 0 Å². The molecule has 2 amide bonds. The van der Waals surface area contributed by atoms with Crippen molar-refractivity contribution >= 4 is 49.9 Å². The van der Waals surface area contributed by atoms with Gasteiger partial charge in [0.15, 0.2) is 0 Å². The minimum absolute atomic E-state index is 0.0711. The van der Waals surface area contributed by atoms with Crippen LogP contribution < -0.4 is 9.62 Å². The maximum atomic E-state index is 14.0. The first-order chi connectivity index (χ1) is 20.6. The van der Waals surface area contributed by atoms with Crippen LogP contribution in [0.5, 0.6) is 0 Å². The minimum Gasteiger partial charge on any atom is -0.354 e. The molecule has 0 spiro atoms. The second-order valence-corrected chi connectivity index (χ2v) is 13.6. The summed E-state index contributed by atoms with van der Waals surface area (Å²) in [5.74, 6) is -0.209. The summed E-state index contributed by atoms with van der Waals surface area (Å²) >= 11 is 6.27. The van der Waals surface area contributed by atoms with E-state index >= 15 is 0 Å². The Hall–Kier alpha value is -3.88. The quantitative estimate of drug-likeness (QED) is 0.205. The van der Waals surface area contributed by atoms with Crippen molar-refractivity contribution in [3.63, 3.8) is 0 Å². The molecule has 4 aromatic rings. The van der Waals surface area contributed by atoms with Crippen LogP contribution in [0.1, 0.15) is 37.8 Å². The second-order valence-electron chi connectivity index (χ2n) is 11.3. The molecule has 0 bridgehead atoms. The van der Waals surface area contributed by atoms with Gasteiger partial charge in [-0.15, -0.1) is 0 Å². The molecule has 1 heterocycles. The molecule has 0 saturated carbocycles. The van der Waals surface area contributed by atoms with Crippen molar-refractivity contribution in [2.45, 2.75) is 50.6 Å². The zero-order valence-electron chi connectivity index (χ0n) is 24.4. The van der Waals surface area contributed by atoms with E-state index in [1.807, 2.05) is 74.5 Å². The van der Waals surface area contributed by atoms with Crippen molar-refractivity contribution in [2.24, 2.45) is 5.92 Å². The van der Waals surface area contributed by atoms with Gasteiger partial charge in [-0.25, -0.2) is 8.42 Å². The normalized spacial score (nSPS) is 14.2. The van der Waals surface area contributed by atoms with Gasteiger partial charge in [-0.3, -0.25) is 13.9 Å². The van der Waals surface area contributed by atoms with E-state index in [0.717, 1.165) is 16.5 Å². The van der Waals surface area contributed by atoms with Gasteiger partial charge in [0.1, 0.15) is 6.04 Å². The van der Waals surface area contributed by atoms with Crippen LogP contribution in [0.3, 0.4) is 0 Å². The smallest absolute Gasteiger partial charge is 0.265 e. The predicted octanol–water partition coefficient (Wildman–Crippen LogP) is 6.19. The molecule has 9 heteroatoms. The standard InChI is InChI=1S/C34H36ClN3O4S/c1-24(2)22-36-34(40)30(21-25-10-4-3-5-11-25)37(23-26-12-6-15-28(35)20-26)32(39)18-9-19-38-29-16-7-13-27-14-8-17-31(33(27)29)43(38,41)42/h3-8,10-17,20,24,30H,9,18-19,21-23H2,1-2H3,(H,36,40)/t30-/m1/s1. The lowest BCUT2D eigenvalue weighted by atomic mass is 10.0. The molecule has 224 valence electrons. The summed E-state index contributed by atoms with van der Waals surface area (Å²) < 4.78 is 28.3. The highest BCUT2D eigenvalue weighted by Crippen LogP contribution is 2.42. The summed E-state index contributed by atoms with van der Waals surface area (Å²) in [7, 11) is -3.73. The third kappa shape index (κ3) is 6.86. The fourth-order valence-corrected chi connectivity index (χ4v) is 7.49. The molecular weight excluding hydrogens is 582 g/mol. The topological polar surface area (TPSA) is 86.8 Å². The number of hydrogen-bond acceptors (Lipinski definition) is 4. The van der Waals surface area contributed by atoms with Gasteiger partial charge in [0.05, 0.1) is 10.6 Å². The average molecular weight is 618 g/mol. The van der Waals surface area contributed by atoms with E-state index in [-0.39, 0.29) is 37.2 Å². The Labute approximate surface area is 258 Å². The Kier molecular flexibility index (Phi) is 9.37. The van der Waals surface area contributed by atoms with E-state index in [1.54, 1.807) is 35.2 Å². The third-order valence-electron chi connectivity index (χ3n) is 7.63. The van der Waals surface area contributed by atoms with E-state index in [4.69, 9.17) is 11.6 Å². The summed E-state index contributed by atoms with van der Waals surface area (Å²) in [4.78, 5) is 29.5. The summed E-state index contributed by atoms with van der Waals surface area (Å²) in [5, 5.41) is 5.14. The number of nitrogens with zero attached hydrogens (tertiary/aromatic N) is 2. The molecule has 0 aromatic heterocycles. The van der Waals surface area contributed by atoms with E-state index in [2.05, 4.69) is 5.32 Å². The van der Waals surface area contributed by atoms with Crippen LogP contribution in [0.2, 0.25) is 5.02 Å². The fourth-order valence-electron chi connectivity index (χ4n) is 5.52. The highest BCUT2D eigenvalue weighted by Gasteiger charge is 2.36. The monoisotopic (exact) mass is 617 g/mol. The maximum absolute atomic E-state index is 14.0. The zero-order chi connectivity index (χ0) is 30.6. The van der Waals surface area contributed by atoms with Crippen LogP contribution in [0.25, 0.3) is 10.8 Å². The van der Waals surface area contributed by atoms with Crippen molar-refractivity contribution in [2.75, 3.05) is 17.4 Å². The van der Waals surface area contributed by atoms with Gasteiger partial charge in [0, 0.05) is 42.9 Å². The number of halogens is 1. The summed E-state index contributed by atoms with van der Waals surface area (Å²) in [6.07, 6.45) is 0.705. The Morgan fingerprint density at radius 3 is 2.33 bits per heavy atom. The van der Waals surface area contributed by atoms with Crippen LogP contribution in [0, 0.1) is 5.92 Å². The van der Waals surface area contributed by atoms with E-state index in [0.29, 0.717) is 40.4 Å². The molecule has 0 unspecified atom stereocenters. The summed E-state index contributed by atoms with van der Waals surface area (Å²) in [6, 6.07) is 27.0. The van der Waals surface area contributed by atoms with Crippen molar-refractivity contribution in [3.8, 4) is 0 Å². The lowest BCUT2D eigenvalue weighted by Gasteiger charge is -2.32. The molecule has 0 radical (unpaired) electrons. The number of sulfonamides is 1. The first-order valence-corrected chi connectivity index (χ1v) is 16.4. The molecule has 1 aliphatic rings. The SMILES string of the molecule is CC(C)CNC(=O)[C@@H](Cc1ccccc1)N(Cc1cccc(Cl)c1)C(=O)CCCN1c2cccc3cccc(c23)S1(=O)=O. The average Bonchev–Trinajstić information content (AvgIpc) is 3.21. The molecule has 1 N–H and O–H groups in total. The number of carbonyl (C=O) groups excluding carboxylic acids is 2. The number of benzene rings is 4. The lowest BCUT2D eigenvalue weighted by molar-refractivity contribution is -0.141. The molecule has 1 atom stereocenters. The highest BCUT2D eigenvalue weighted by atomic mass is 35.5. The number of carbonyl (C=O) groups is 2. The third-order valence-corrected chi connectivity index (χ3v) is 9.72. The van der Waals surface area contributed by atoms with E-state index < -0.39 is 16.1 Å². The molecule has 7 nitrogen and oxygen atoms in total. The zero-order valence-corrected chi connectivity index (χ0v) is 25.9. The van der Waals surface area contributed by atoms with Crippen LogP contribution in [0.4, 0.5) is 5.69 Å². The number of nitrogens with one attached hydrogen (secondary N) is 1. The Bertz CT molecular complexity index is 1720. The van der Waals surface area contributed by atoms with Crippen molar-refractivity contribution in [1.82, 2.24) is 10.2 Å².